The largest absolute Gasteiger partial charge is 0.310 e. The van der Waals surface area contributed by atoms with Crippen LogP contribution in [0.1, 0.15) is 49.9 Å². The molecule has 2 aliphatic rings. The summed E-state index contributed by atoms with van der Waals surface area (Å²) in [6.45, 7) is 9.57. The summed E-state index contributed by atoms with van der Waals surface area (Å²) in [4.78, 5) is 2.50. The summed E-state index contributed by atoms with van der Waals surface area (Å²) < 4.78 is 2.50. The van der Waals surface area contributed by atoms with Gasteiger partial charge in [0, 0.05) is 44.1 Å². The third kappa shape index (κ3) is 4.75. The quantitative estimate of drug-likeness (QED) is 0.172. The molecule has 0 unspecified atom stereocenters. The maximum absolute atomic E-state index is 2.50. The Balaban J connectivity index is 0.989. The Hall–Kier alpha value is -7.42. The van der Waals surface area contributed by atoms with Crippen LogP contribution in [0, 0.1) is 0 Å². The zero-order valence-corrected chi connectivity index (χ0v) is 35.4. The van der Waals surface area contributed by atoms with Crippen molar-refractivity contribution in [1.29, 1.82) is 0 Å². The fraction of sp³-hybridized carbons (Fsp3) is 0.100. The number of hydrogen-bond donors (Lipinski definition) is 0. The number of fused-ring (bicyclic) bond motifs is 14. The van der Waals surface area contributed by atoms with Crippen LogP contribution in [0.5, 0.6) is 0 Å². The molecule has 0 N–H and O–H groups in total. The average Bonchev–Trinajstić information content (AvgIpc) is 3.86. The minimum Gasteiger partial charge on any atom is -0.310 e. The molecule has 0 spiro atoms. The molecule has 2 aliphatic carbocycles. The summed E-state index contributed by atoms with van der Waals surface area (Å²) in [6, 6.07) is 72.8. The molecule has 1 aromatic heterocycles. The van der Waals surface area contributed by atoms with Crippen LogP contribution in [0.4, 0.5) is 17.1 Å². The van der Waals surface area contributed by atoms with Gasteiger partial charge in [-0.1, -0.05) is 167 Å². The second kappa shape index (κ2) is 12.6. The minimum absolute atomic E-state index is 0.109. The van der Waals surface area contributed by atoms with E-state index in [9.17, 15) is 0 Å². The predicted octanol–water partition coefficient (Wildman–Crippen LogP) is 16.3. The highest BCUT2D eigenvalue weighted by Crippen LogP contribution is 2.54. The molecule has 0 amide bonds. The standard InChI is InChI=1S/C60H44N2/c1-59(2)50-22-12-11-21-46(50)47-29-26-40(34-51(47)59)61(54-23-13-17-37-14-5-8-18-43(37)54)41-27-30-48-49-31-28-42(36-53(49)60(3,4)52(48)35-41)62-55-32-24-38-15-6-9-19-44(38)57(55)58-45-20-10-7-16-39(45)25-33-56(58)62/h5-36H,1-4H3. The first-order valence-corrected chi connectivity index (χ1v) is 21.9. The van der Waals surface area contributed by atoms with E-state index in [1.807, 2.05) is 0 Å². The van der Waals surface area contributed by atoms with Crippen LogP contribution < -0.4 is 4.90 Å². The predicted molar refractivity (Wildman–Crippen MR) is 263 cm³/mol. The Labute approximate surface area is 361 Å². The van der Waals surface area contributed by atoms with E-state index in [4.69, 9.17) is 0 Å². The fourth-order valence-corrected chi connectivity index (χ4v) is 11.5. The van der Waals surface area contributed by atoms with Crippen molar-refractivity contribution >= 4 is 71.2 Å². The van der Waals surface area contributed by atoms with Crippen molar-refractivity contribution in [2.24, 2.45) is 0 Å². The van der Waals surface area contributed by atoms with Gasteiger partial charge in [-0.2, -0.15) is 0 Å². The van der Waals surface area contributed by atoms with E-state index in [0.29, 0.717) is 0 Å². The molecule has 0 radical (unpaired) electrons. The van der Waals surface area contributed by atoms with Crippen LogP contribution in [0.2, 0.25) is 0 Å². The van der Waals surface area contributed by atoms with Crippen LogP contribution in [0.25, 0.3) is 82.1 Å². The van der Waals surface area contributed by atoms with Crippen LogP contribution in [0.3, 0.4) is 0 Å². The Bertz CT molecular complexity index is 3610. The second-order valence-electron chi connectivity index (χ2n) is 18.5. The Morgan fingerprint density at radius 1 is 0.355 bits per heavy atom. The molecule has 2 nitrogen and oxygen atoms in total. The molecule has 2 heteroatoms. The lowest BCUT2D eigenvalue weighted by atomic mass is 9.82. The summed E-state index contributed by atoms with van der Waals surface area (Å²) >= 11 is 0. The van der Waals surface area contributed by atoms with Gasteiger partial charge in [0.15, 0.2) is 0 Å². The van der Waals surface area contributed by atoms with E-state index < -0.39 is 0 Å². The number of aromatic nitrogens is 1. The number of rotatable bonds is 4. The minimum atomic E-state index is -0.249. The van der Waals surface area contributed by atoms with E-state index in [2.05, 4.69) is 231 Å². The molecular weight excluding hydrogens is 749 g/mol. The zero-order chi connectivity index (χ0) is 41.5. The smallest absolute Gasteiger partial charge is 0.0547 e. The molecule has 62 heavy (non-hydrogen) atoms. The summed E-state index contributed by atoms with van der Waals surface area (Å²) in [7, 11) is 0. The zero-order valence-electron chi connectivity index (χ0n) is 35.4. The highest BCUT2D eigenvalue weighted by atomic mass is 15.1. The van der Waals surface area contributed by atoms with Crippen LogP contribution >= 0.6 is 0 Å². The molecule has 294 valence electrons. The van der Waals surface area contributed by atoms with Crippen LogP contribution in [0.15, 0.2) is 194 Å². The monoisotopic (exact) mass is 792 g/mol. The molecule has 0 saturated carbocycles. The molecule has 13 rings (SSSR count). The van der Waals surface area contributed by atoms with Gasteiger partial charge < -0.3 is 9.47 Å². The molecule has 0 bridgehead atoms. The van der Waals surface area contributed by atoms with Gasteiger partial charge in [-0.15, -0.1) is 0 Å². The lowest BCUT2D eigenvalue weighted by Gasteiger charge is -2.30. The maximum Gasteiger partial charge on any atom is 0.0547 e. The van der Waals surface area contributed by atoms with Gasteiger partial charge in [-0.25, -0.2) is 0 Å². The third-order valence-electron chi connectivity index (χ3n) is 14.5. The second-order valence-corrected chi connectivity index (χ2v) is 18.5. The number of anilines is 3. The molecule has 0 aliphatic heterocycles. The molecule has 0 saturated heterocycles. The van der Waals surface area contributed by atoms with Gasteiger partial charge in [0.05, 0.1) is 16.7 Å². The molecule has 10 aromatic carbocycles. The van der Waals surface area contributed by atoms with Crippen molar-refractivity contribution in [3.05, 3.63) is 216 Å². The summed E-state index contributed by atoms with van der Waals surface area (Å²) in [6.07, 6.45) is 0. The van der Waals surface area contributed by atoms with Crippen molar-refractivity contribution < 1.29 is 0 Å². The van der Waals surface area contributed by atoms with E-state index in [1.54, 1.807) is 0 Å². The third-order valence-corrected chi connectivity index (χ3v) is 14.5. The Morgan fingerprint density at radius 3 is 1.42 bits per heavy atom. The van der Waals surface area contributed by atoms with Crippen molar-refractivity contribution in [3.8, 4) is 27.9 Å². The first kappa shape index (κ1) is 35.3. The highest BCUT2D eigenvalue weighted by Gasteiger charge is 2.38. The van der Waals surface area contributed by atoms with Crippen molar-refractivity contribution in [1.82, 2.24) is 4.57 Å². The molecule has 11 aromatic rings. The van der Waals surface area contributed by atoms with Gasteiger partial charge in [0.2, 0.25) is 0 Å². The van der Waals surface area contributed by atoms with E-state index in [-0.39, 0.29) is 10.8 Å². The Kier molecular flexibility index (Phi) is 7.16. The lowest BCUT2D eigenvalue weighted by Crippen LogP contribution is -2.18. The average molecular weight is 793 g/mol. The van der Waals surface area contributed by atoms with E-state index in [1.165, 1.54) is 116 Å². The Morgan fingerprint density at radius 2 is 0.806 bits per heavy atom. The van der Waals surface area contributed by atoms with Gasteiger partial charge >= 0.3 is 0 Å². The van der Waals surface area contributed by atoms with Gasteiger partial charge in [0.1, 0.15) is 0 Å². The first-order chi connectivity index (χ1) is 30.3. The van der Waals surface area contributed by atoms with E-state index in [0.717, 1.165) is 5.69 Å². The van der Waals surface area contributed by atoms with E-state index >= 15 is 0 Å². The normalized spacial score (nSPS) is 14.4. The van der Waals surface area contributed by atoms with Crippen molar-refractivity contribution in [2.75, 3.05) is 4.90 Å². The van der Waals surface area contributed by atoms with Crippen molar-refractivity contribution in [3.63, 3.8) is 0 Å². The van der Waals surface area contributed by atoms with Gasteiger partial charge in [0.25, 0.3) is 0 Å². The lowest BCUT2D eigenvalue weighted by molar-refractivity contribution is 0.659. The molecule has 0 fully saturated rings. The summed E-state index contributed by atoms with van der Waals surface area (Å²) in [5.74, 6) is 0. The molecular formula is C60H44N2. The molecule has 1 heterocycles. The summed E-state index contributed by atoms with van der Waals surface area (Å²) in [5, 5.41) is 10.2. The fourth-order valence-electron chi connectivity index (χ4n) is 11.5. The topological polar surface area (TPSA) is 8.17 Å². The number of nitrogens with zero attached hydrogens (tertiary/aromatic N) is 2. The first-order valence-electron chi connectivity index (χ1n) is 21.9. The molecule has 0 atom stereocenters. The maximum atomic E-state index is 2.50. The summed E-state index contributed by atoms with van der Waals surface area (Å²) in [5.41, 5.74) is 17.6. The van der Waals surface area contributed by atoms with Crippen molar-refractivity contribution in [2.45, 2.75) is 38.5 Å². The number of benzene rings is 10. The highest BCUT2D eigenvalue weighted by molar-refractivity contribution is 6.28. The number of hydrogen-bond acceptors (Lipinski definition) is 1. The SMILES string of the molecule is CC1(C)c2ccccc2-c2ccc(N(c3ccc4c(c3)C(C)(C)c3cc(-n5c6ccc7ccccc7c6c6c7ccccc7ccc65)ccc3-4)c3cccc4ccccc34)cc21. The van der Waals surface area contributed by atoms with Crippen LogP contribution in [-0.2, 0) is 10.8 Å². The van der Waals surface area contributed by atoms with Gasteiger partial charge in [-0.05, 0) is 126 Å². The van der Waals surface area contributed by atoms with Crippen LogP contribution in [-0.4, -0.2) is 4.57 Å². The van der Waals surface area contributed by atoms with Gasteiger partial charge in [-0.3, -0.25) is 0 Å².